The van der Waals surface area contributed by atoms with E-state index in [1.165, 1.54) is 6.07 Å². The lowest BCUT2D eigenvalue weighted by Crippen LogP contribution is -2.00. The van der Waals surface area contributed by atoms with E-state index in [1.54, 1.807) is 36.3 Å². The fourth-order valence-electron chi connectivity index (χ4n) is 1.36. The summed E-state index contributed by atoms with van der Waals surface area (Å²) in [5.41, 5.74) is 7.04. The van der Waals surface area contributed by atoms with Gasteiger partial charge in [-0.15, -0.1) is 0 Å². The van der Waals surface area contributed by atoms with Crippen molar-refractivity contribution >= 4 is 11.8 Å². The molecule has 3 N–H and O–H groups in total. The molecule has 0 unspecified atom stereocenters. The van der Waals surface area contributed by atoms with Gasteiger partial charge in [0.15, 0.2) is 5.16 Å². The zero-order valence-corrected chi connectivity index (χ0v) is 9.43. The maximum absolute atomic E-state index is 13.2. The van der Waals surface area contributed by atoms with E-state index in [9.17, 15) is 4.39 Å². The predicted octanol–water partition coefficient (Wildman–Crippen LogP) is 2.30. The lowest BCUT2D eigenvalue weighted by molar-refractivity contribution is 0.610. The van der Waals surface area contributed by atoms with Crippen LogP contribution in [0.1, 0.15) is 11.1 Å². The van der Waals surface area contributed by atoms with Crippen LogP contribution < -0.4 is 5.73 Å². The van der Waals surface area contributed by atoms with Gasteiger partial charge >= 0.3 is 0 Å². The first-order valence-corrected chi connectivity index (χ1v) is 5.87. The molecule has 2 aromatic rings. The molecule has 1 heterocycles. The first kappa shape index (κ1) is 11.2. The third kappa shape index (κ3) is 2.62. The number of nitrogens with one attached hydrogen (secondary N) is 1. The van der Waals surface area contributed by atoms with Crippen LogP contribution >= 0.6 is 11.8 Å². The molecule has 0 aliphatic heterocycles. The number of aromatic nitrogens is 2. The van der Waals surface area contributed by atoms with Crippen molar-refractivity contribution in [1.29, 1.82) is 0 Å². The average Bonchev–Trinajstić information content (AvgIpc) is 2.81. The largest absolute Gasteiger partial charge is 0.340 e. The molecule has 16 heavy (non-hydrogen) atoms. The quantitative estimate of drug-likeness (QED) is 0.802. The van der Waals surface area contributed by atoms with E-state index in [0.717, 1.165) is 16.5 Å². The number of thioether (sulfide) groups is 1. The molecule has 0 amide bonds. The van der Waals surface area contributed by atoms with Crippen molar-refractivity contribution in [2.75, 3.05) is 0 Å². The van der Waals surface area contributed by atoms with E-state index >= 15 is 0 Å². The Kier molecular flexibility index (Phi) is 3.58. The van der Waals surface area contributed by atoms with Crippen molar-refractivity contribution in [2.24, 2.45) is 5.73 Å². The molecule has 1 aromatic heterocycles. The highest BCUT2D eigenvalue weighted by Crippen LogP contribution is 2.20. The van der Waals surface area contributed by atoms with Crippen LogP contribution in [0, 0.1) is 5.82 Å². The van der Waals surface area contributed by atoms with E-state index in [0.29, 0.717) is 5.56 Å². The Balaban J connectivity index is 2.04. The molecule has 0 radical (unpaired) electrons. The zero-order chi connectivity index (χ0) is 11.4. The number of hydrogen-bond donors (Lipinski definition) is 2. The van der Waals surface area contributed by atoms with Crippen LogP contribution in [-0.2, 0) is 12.3 Å². The van der Waals surface area contributed by atoms with E-state index in [2.05, 4.69) is 9.97 Å². The molecule has 1 aromatic carbocycles. The van der Waals surface area contributed by atoms with E-state index in [4.69, 9.17) is 5.73 Å². The van der Waals surface area contributed by atoms with Gasteiger partial charge in [-0.1, -0.05) is 23.9 Å². The highest BCUT2D eigenvalue weighted by atomic mass is 32.2. The monoisotopic (exact) mass is 237 g/mol. The van der Waals surface area contributed by atoms with Crippen molar-refractivity contribution in [3.8, 4) is 0 Å². The van der Waals surface area contributed by atoms with Crippen LogP contribution in [0.4, 0.5) is 4.39 Å². The minimum Gasteiger partial charge on any atom is -0.340 e. The summed E-state index contributed by atoms with van der Waals surface area (Å²) in [5.74, 6) is 0.509. The molecule has 0 spiro atoms. The second-order valence-corrected chi connectivity index (χ2v) is 4.28. The van der Waals surface area contributed by atoms with Gasteiger partial charge in [0.25, 0.3) is 0 Å². The van der Waals surface area contributed by atoms with Gasteiger partial charge in [-0.3, -0.25) is 0 Å². The van der Waals surface area contributed by atoms with E-state index < -0.39 is 0 Å². The Hall–Kier alpha value is -1.33. The number of nitrogens with two attached hydrogens (primary N) is 1. The summed E-state index contributed by atoms with van der Waals surface area (Å²) in [4.78, 5) is 7.10. The molecule has 84 valence electrons. The lowest BCUT2D eigenvalue weighted by Gasteiger charge is -2.03. The number of rotatable bonds is 4. The number of imidazole rings is 1. The SMILES string of the molecule is NCc1cc(CSc2ncc[nH]2)ccc1F. The maximum atomic E-state index is 13.2. The van der Waals surface area contributed by atoms with Crippen LogP contribution in [0.3, 0.4) is 0 Å². The Morgan fingerprint density at radius 1 is 1.44 bits per heavy atom. The first-order chi connectivity index (χ1) is 7.79. The third-order valence-corrected chi connectivity index (χ3v) is 3.15. The number of H-pyrrole nitrogens is 1. The topological polar surface area (TPSA) is 54.7 Å². The fourth-order valence-corrected chi connectivity index (χ4v) is 2.13. The number of benzene rings is 1. The molecular weight excluding hydrogens is 225 g/mol. The van der Waals surface area contributed by atoms with Crippen LogP contribution in [0.15, 0.2) is 35.7 Å². The van der Waals surface area contributed by atoms with Crippen molar-refractivity contribution in [3.05, 3.63) is 47.5 Å². The maximum Gasteiger partial charge on any atom is 0.165 e. The van der Waals surface area contributed by atoms with Gasteiger partial charge in [0, 0.05) is 30.3 Å². The molecule has 0 saturated carbocycles. The van der Waals surface area contributed by atoms with Gasteiger partial charge in [-0.05, 0) is 11.6 Å². The lowest BCUT2D eigenvalue weighted by atomic mass is 10.1. The Morgan fingerprint density at radius 2 is 2.31 bits per heavy atom. The average molecular weight is 237 g/mol. The second-order valence-electron chi connectivity index (χ2n) is 3.31. The smallest absolute Gasteiger partial charge is 0.165 e. The summed E-state index contributed by atoms with van der Waals surface area (Å²) in [6.45, 7) is 0.227. The van der Waals surface area contributed by atoms with Gasteiger partial charge in [-0.25, -0.2) is 9.37 Å². The van der Waals surface area contributed by atoms with Crippen molar-refractivity contribution in [3.63, 3.8) is 0 Å². The van der Waals surface area contributed by atoms with Crippen LogP contribution in [0.2, 0.25) is 0 Å². The Bertz CT molecular complexity index is 456. The summed E-state index contributed by atoms with van der Waals surface area (Å²) in [5, 5.41) is 0.860. The van der Waals surface area contributed by atoms with Gasteiger partial charge < -0.3 is 10.7 Å². The summed E-state index contributed by atoms with van der Waals surface area (Å²) >= 11 is 1.58. The molecule has 0 atom stereocenters. The summed E-state index contributed by atoms with van der Waals surface area (Å²) < 4.78 is 13.2. The molecule has 3 nitrogen and oxygen atoms in total. The van der Waals surface area contributed by atoms with Gasteiger partial charge in [-0.2, -0.15) is 0 Å². The number of halogens is 1. The fraction of sp³-hybridized carbons (Fsp3) is 0.182. The number of nitrogens with zero attached hydrogens (tertiary/aromatic N) is 1. The van der Waals surface area contributed by atoms with Crippen molar-refractivity contribution in [2.45, 2.75) is 17.5 Å². The minimum absolute atomic E-state index is 0.227. The summed E-state index contributed by atoms with van der Waals surface area (Å²) in [6.07, 6.45) is 3.48. The predicted molar refractivity (Wildman–Crippen MR) is 62.4 cm³/mol. The zero-order valence-electron chi connectivity index (χ0n) is 8.61. The van der Waals surface area contributed by atoms with Crippen LogP contribution in [0.25, 0.3) is 0 Å². The summed E-state index contributed by atoms with van der Waals surface area (Å²) in [6, 6.07) is 5.02. The molecule has 5 heteroatoms. The van der Waals surface area contributed by atoms with Gasteiger partial charge in [0.05, 0.1) is 0 Å². The molecule has 0 aliphatic carbocycles. The molecule has 2 rings (SSSR count). The van der Waals surface area contributed by atoms with Crippen molar-refractivity contribution in [1.82, 2.24) is 9.97 Å². The first-order valence-electron chi connectivity index (χ1n) is 4.89. The van der Waals surface area contributed by atoms with Crippen molar-refractivity contribution < 1.29 is 4.39 Å². The second kappa shape index (κ2) is 5.14. The highest BCUT2D eigenvalue weighted by molar-refractivity contribution is 7.98. The van der Waals surface area contributed by atoms with Crippen LogP contribution in [-0.4, -0.2) is 9.97 Å². The minimum atomic E-state index is -0.241. The third-order valence-electron chi connectivity index (χ3n) is 2.18. The molecule has 0 fully saturated rings. The highest BCUT2D eigenvalue weighted by Gasteiger charge is 2.03. The van der Waals surface area contributed by atoms with E-state index in [-0.39, 0.29) is 12.4 Å². The number of aromatic amines is 1. The van der Waals surface area contributed by atoms with E-state index in [1.807, 2.05) is 0 Å². The standard InChI is InChI=1S/C11H12FN3S/c12-10-2-1-8(5-9(10)6-13)7-16-11-14-3-4-15-11/h1-5H,6-7,13H2,(H,14,15). The molecule has 0 saturated heterocycles. The number of hydrogen-bond acceptors (Lipinski definition) is 3. The van der Waals surface area contributed by atoms with Gasteiger partial charge in [0.2, 0.25) is 0 Å². The molecule has 0 bridgehead atoms. The van der Waals surface area contributed by atoms with Gasteiger partial charge in [0.1, 0.15) is 5.82 Å². The molecule has 0 aliphatic rings. The normalized spacial score (nSPS) is 10.6. The molecular formula is C11H12FN3S. The Morgan fingerprint density at radius 3 is 3.00 bits per heavy atom. The summed E-state index contributed by atoms with van der Waals surface area (Å²) in [7, 11) is 0. The Labute approximate surface area is 97.3 Å². The van der Waals surface area contributed by atoms with Crippen LogP contribution in [0.5, 0.6) is 0 Å².